The quantitative estimate of drug-likeness (QED) is 0.792. The van der Waals surface area contributed by atoms with Crippen molar-refractivity contribution in [3.63, 3.8) is 0 Å². The summed E-state index contributed by atoms with van der Waals surface area (Å²) >= 11 is 0. The number of nitrogens with zero attached hydrogens (tertiary/aromatic N) is 4. The van der Waals surface area contributed by atoms with Crippen molar-refractivity contribution in [2.45, 2.75) is 24.3 Å². The normalized spacial score (nSPS) is 19.3. The maximum atomic E-state index is 12.8. The molecule has 9 nitrogen and oxygen atoms in total. The molecule has 0 radical (unpaired) electrons. The Morgan fingerprint density at radius 2 is 2.24 bits per heavy atom. The number of carboxylic acids is 1. The molecule has 3 rings (SSSR count). The van der Waals surface area contributed by atoms with E-state index in [1.54, 1.807) is 17.9 Å². The zero-order valence-electron chi connectivity index (χ0n) is 13.8. The van der Waals surface area contributed by atoms with Gasteiger partial charge in [0.15, 0.2) is 0 Å². The minimum atomic E-state index is -3.76. The van der Waals surface area contributed by atoms with Crippen molar-refractivity contribution in [1.82, 2.24) is 19.3 Å². The van der Waals surface area contributed by atoms with E-state index in [4.69, 9.17) is 9.84 Å². The van der Waals surface area contributed by atoms with Crippen molar-refractivity contribution in [3.8, 4) is 0 Å². The van der Waals surface area contributed by atoms with Gasteiger partial charge in [-0.2, -0.15) is 4.31 Å². The first kappa shape index (κ1) is 17.8. The predicted octanol–water partition coefficient (Wildman–Crippen LogP) is 0.563. The molecule has 1 atom stereocenters. The summed E-state index contributed by atoms with van der Waals surface area (Å²) in [5.74, 6) is -1.63. The van der Waals surface area contributed by atoms with Gasteiger partial charge in [-0.15, -0.1) is 5.10 Å². The number of fused-ring (bicyclic) bond motifs is 1. The molecule has 2 heterocycles. The molecule has 25 heavy (non-hydrogen) atoms. The number of methoxy groups -OCH3 is 1. The highest BCUT2D eigenvalue weighted by atomic mass is 32.2. The number of rotatable bonds is 6. The molecule has 0 aliphatic carbocycles. The van der Waals surface area contributed by atoms with Crippen molar-refractivity contribution in [2.24, 2.45) is 5.92 Å². The number of carboxylic acid groups (broad SMARTS) is 1. The molecule has 0 bridgehead atoms. The van der Waals surface area contributed by atoms with Crippen molar-refractivity contribution < 1.29 is 23.1 Å². The fraction of sp³-hybridized carbons (Fsp3) is 0.533. The lowest BCUT2D eigenvalue weighted by Crippen LogP contribution is -2.42. The fourth-order valence-corrected chi connectivity index (χ4v) is 4.51. The highest BCUT2D eigenvalue weighted by Crippen LogP contribution is 2.25. The van der Waals surface area contributed by atoms with Crippen molar-refractivity contribution in [2.75, 3.05) is 26.8 Å². The summed E-state index contributed by atoms with van der Waals surface area (Å²) in [6.45, 7) is 1.31. The van der Waals surface area contributed by atoms with Crippen LogP contribution in [0.1, 0.15) is 12.8 Å². The summed E-state index contributed by atoms with van der Waals surface area (Å²) in [5.41, 5.74) is 1.20. The van der Waals surface area contributed by atoms with Crippen LogP contribution in [0.2, 0.25) is 0 Å². The number of piperidine rings is 1. The Balaban J connectivity index is 1.88. The number of hydrogen-bond donors (Lipinski definition) is 1. The molecule has 0 amide bonds. The first-order chi connectivity index (χ1) is 11.9. The van der Waals surface area contributed by atoms with Gasteiger partial charge in [-0.05, 0) is 31.0 Å². The van der Waals surface area contributed by atoms with Crippen LogP contribution in [0.5, 0.6) is 0 Å². The monoisotopic (exact) mass is 368 g/mol. The zero-order valence-corrected chi connectivity index (χ0v) is 14.6. The molecule has 1 aliphatic rings. The Morgan fingerprint density at radius 1 is 1.44 bits per heavy atom. The Morgan fingerprint density at radius 3 is 2.96 bits per heavy atom. The van der Waals surface area contributed by atoms with Crippen LogP contribution in [0.4, 0.5) is 0 Å². The smallest absolute Gasteiger partial charge is 0.307 e. The molecule has 1 aromatic carbocycles. The number of aliphatic carboxylic acids is 1. The lowest BCUT2D eigenvalue weighted by Gasteiger charge is -2.29. The summed E-state index contributed by atoms with van der Waals surface area (Å²) < 4.78 is 33.6. The SMILES string of the molecule is COCCn1nnc2cc(S(=O)(=O)N3CCCC(C(=O)O)C3)ccc21. The van der Waals surface area contributed by atoms with E-state index in [1.165, 1.54) is 16.4 Å². The van der Waals surface area contributed by atoms with E-state index in [0.29, 0.717) is 38.1 Å². The first-order valence-electron chi connectivity index (χ1n) is 7.98. The van der Waals surface area contributed by atoms with Gasteiger partial charge < -0.3 is 9.84 Å². The Bertz CT molecular complexity index is 879. The maximum absolute atomic E-state index is 12.8. The van der Waals surface area contributed by atoms with Gasteiger partial charge in [0.1, 0.15) is 5.52 Å². The molecule has 0 spiro atoms. The van der Waals surface area contributed by atoms with E-state index in [0.717, 1.165) is 5.52 Å². The van der Waals surface area contributed by atoms with Gasteiger partial charge >= 0.3 is 5.97 Å². The minimum absolute atomic E-state index is 0.00374. The van der Waals surface area contributed by atoms with Crippen molar-refractivity contribution in [3.05, 3.63) is 18.2 Å². The Labute approximate surface area is 145 Å². The third kappa shape index (κ3) is 3.51. The maximum Gasteiger partial charge on any atom is 0.307 e. The fourth-order valence-electron chi connectivity index (χ4n) is 2.97. The second-order valence-electron chi connectivity index (χ2n) is 6.00. The van der Waals surface area contributed by atoms with E-state index in [2.05, 4.69) is 10.3 Å². The number of sulfonamides is 1. The molecule has 1 fully saturated rings. The second-order valence-corrected chi connectivity index (χ2v) is 7.93. The molecule has 1 aromatic heterocycles. The molecule has 1 unspecified atom stereocenters. The van der Waals surface area contributed by atoms with Gasteiger partial charge in [0.2, 0.25) is 10.0 Å². The molecule has 0 saturated carbocycles. The summed E-state index contributed by atoms with van der Waals surface area (Å²) in [7, 11) is -2.17. The third-order valence-corrected chi connectivity index (χ3v) is 6.22. The first-order valence-corrected chi connectivity index (χ1v) is 9.42. The predicted molar refractivity (Wildman–Crippen MR) is 88.5 cm³/mol. The molecule has 1 aliphatic heterocycles. The number of carbonyl (C=O) groups is 1. The molecular weight excluding hydrogens is 348 g/mol. The van der Waals surface area contributed by atoms with Crippen LogP contribution in [0.3, 0.4) is 0 Å². The van der Waals surface area contributed by atoms with E-state index in [9.17, 15) is 13.2 Å². The van der Waals surface area contributed by atoms with Crippen LogP contribution >= 0.6 is 0 Å². The zero-order chi connectivity index (χ0) is 18.0. The molecular formula is C15H20N4O5S. The van der Waals surface area contributed by atoms with Crippen molar-refractivity contribution >= 4 is 27.0 Å². The minimum Gasteiger partial charge on any atom is -0.481 e. The van der Waals surface area contributed by atoms with Crippen molar-refractivity contribution in [1.29, 1.82) is 0 Å². The number of benzene rings is 1. The highest BCUT2D eigenvalue weighted by Gasteiger charge is 2.33. The van der Waals surface area contributed by atoms with Crippen LogP contribution in [0, 0.1) is 5.92 Å². The molecule has 136 valence electrons. The standard InChI is InChI=1S/C15H20N4O5S/c1-24-8-7-19-14-5-4-12(9-13(14)16-17-19)25(22,23)18-6-2-3-11(10-18)15(20)21/h4-5,9,11H,2-3,6-8,10H2,1H3,(H,20,21). The average molecular weight is 368 g/mol. The Kier molecular flexibility index (Phi) is 5.02. The highest BCUT2D eigenvalue weighted by molar-refractivity contribution is 7.89. The van der Waals surface area contributed by atoms with Crippen LogP contribution in [0.15, 0.2) is 23.1 Å². The van der Waals surface area contributed by atoms with Gasteiger partial charge in [0.25, 0.3) is 0 Å². The lowest BCUT2D eigenvalue weighted by molar-refractivity contribution is -0.142. The van der Waals surface area contributed by atoms with Gasteiger partial charge in [0, 0.05) is 20.2 Å². The van der Waals surface area contributed by atoms with Crippen LogP contribution < -0.4 is 0 Å². The van der Waals surface area contributed by atoms with Gasteiger partial charge in [-0.1, -0.05) is 5.21 Å². The average Bonchev–Trinajstić information content (AvgIpc) is 3.02. The molecule has 2 aromatic rings. The summed E-state index contributed by atoms with van der Waals surface area (Å²) in [6.07, 6.45) is 1.03. The number of hydrogen-bond acceptors (Lipinski definition) is 6. The second kappa shape index (κ2) is 7.06. The summed E-state index contributed by atoms with van der Waals surface area (Å²) in [6, 6.07) is 4.65. The van der Waals surface area contributed by atoms with E-state index in [-0.39, 0.29) is 11.4 Å². The number of ether oxygens (including phenoxy) is 1. The van der Waals surface area contributed by atoms with Gasteiger partial charge in [-0.3, -0.25) is 4.79 Å². The molecule has 10 heteroatoms. The molecule has 1 N–H and O–H groups in total. The topological polar surface area (TPSA) is 115 Å². The Hall–Kier alpha value is -2.04. The van der Waals surface area contributed by atoms with E-state index >= 15 is 0 Å². The molecule has 1 saturated heterocycles. The summed E-state index contributed by atoms with van der Waals surface area (Å²) in [5, 5.41) is 17.2. The third-order valence-electron chi connectivity index (χ3n) is 4.36. The largest absolute Gasteiger partial charge is 0.481 e. The van der Waals surface area contributed by atoms with E-state index in [1.807, 2.05) is 0 Å². The van der Waals surface area contributed by atoms with Crippen LogP contribution in [0.25, 0.3) is 11.0 Å². The van der Waals surface area contributed by atoms with Crippen LogP contribution in [-0.4, -0.2) is 65.6 Å². The lowest BCUT2D eigenvalue weighted by atomic mass is 10.0. The van der Waals surface area contributed by atoms with E-state index < -0.39 is 21.9 Å². The van der Waals surface area contributed by atoms with Gasteiger partial charge in [0.05, 0.1) is 29.5 Å². The number of aromatic nitrogens is 3. The van der Waals surface area contributed by atoms with Crippen LogP contribution in [-0.2, 0) is 26.1 Å². The summed E-state index contributed by atoms with van der Waals surface area (Å²) in [4.78, 5) is 11.3. The van der Waals surface area contributed by atoms with Gasteiger partial charge in [-0.25, -0.2) is 13.1 Å².